The molecule has 19 heavy (non-hydrogen) atoms. The van der Waals surface area contributed by atoms with Crippen LogP contribution >= 0.6 is 0 Å². The Morgan fingerprint density at radius 1 is 1.37 bits per heavy atom. The predicted molar refractivity (Wildman–Crippen MR) is 78.2 cm³/mol. The zero-order chi connectivity index (χ0) is 14.0. The molecular weight excluding hydrogens is 236 g/mol. The molecule has 1 unspecified atom stereocenters. The van der Waals surface area contributed by atoms with Gasteiger partial charge in [0.2, 0.25) is 0 Å². The van der Waals surface area contributed by atoms with Gasteiger partial charge in [0.25, 0.3) is 0 Å². The second-order valence-electron chi connectivity index (χ2n) is 6.16. The summed E-state index contributed by atoms with van der Waals surface area (Å²) in [6, 6.07) is 2.48. The van der Waals surface area contributed by atoms with Crippen LogP contribution in [0.2, 0.25) is 0 Å². The van der Waals surface area contributed by atoms with Crippen molar-refractivity contribution < 1.29 is 5.11 Å². The maximum atomic E-state index is 9.11. The topological polar surface area (TPSA) is 45.1 Å². The van der Waals surface area contributed by atoms with Crippen LogP contribution in [0.1, 0.15) is 54.7 Å². The van der Waals surface area contributed by atoms with Gasteiger partial charge in [0.05, 0.1) is 0 Å². The van der Waals surface area contributed by atoms with E-state index >= 15 is 0 Å². The molecule has 0 spiro atoms. The first-order valence-corrected chi connectivity index (χ1v) is 7.26. The van der Waals surface area contributed by atoms with Crippen LogP contribution in [0, 0.1) is 26.2 Å². The van der Waals surface area contributed by atoms with Gasteiger partial charge in [-0.1, -0.05) is 0 Å². The lowest BCUT2D eigenvalue weighted by atomic mass is 9.98. The third kappa shape index (κ3) is 3.34. The quantitative estimate of drug-likeness (QED) is 0.828. The molecule has 1 fully saturated rings. The van der Waals surface area contributed by atoms with Crippen molar-refractivity contribution in [1.82, 2.24) is 10.3 Å². The van der Waals surface area contributed by atoms with Crippen LogP contribution in [-0.4, -0.2) is 23.2 Å². The number of hydrogen-bond acceptors (Lipinski definition) is 3. The molecule has 0 radical (unpaired) electrons. The van der Waals surface area contributed by atoms with Crippen molar-refractivity contribution in [1.29, 1.82) is 0 Å². The van der Waals surface area contributed by atoms with Gasteiger partial charge in [0, 0.05) is 30.6 Å². The Bertz CT molecular complexity index is 429. The summed E-state index contributed by atoms with van der Waals surface area (Å²) in [5, 5.41) is 12.7. The smallest absolute Gasteiger partial charge is 0.0436 e. The third-order valence-corrected chi connectivity index (χ3v) is 4.40. The van der Waals surface area contributed by atoms with E-state index < -0.39 is 0 Å². The standard InChI is InChI=1S/C16H26N2O/c1-11-9-12(2)18-14(4)15(11)13(3)17-10-16(5-6-16)7-8-19/h9,13,17,19H,5-8,10H2,1-4H3. The molecule has 2 N–H and O–H groups in total. The number of nitrogens with one attached hydrogen (secondary N) is 1. The number of aromatic nitrogens is 1. The summed E-state index contributed by atoms with van der Waals surface area (Å²) in [7, 11) is 0. The number of aliphatic hydroxyl groups excluding tert-OH is 1. The molecule has 0 amide bonds. The van der Waals surface area contributed by atoms with Crippen LogP contribution in [0.4, 0.5) is 0 Å². The summed E-state index contributed by atoms with van der Waals surface area (Å²) in [6.07, 6.45) is 3.42. The zero-order valence-corrected chi connectivity index (χ0v) is 12.6. The van der Waals surface area contributed by atoms with E-state index in [1.807, 2.05) is 6.92 Å². The lowest BCUT2D eigenvalue weighted by molar-refractivity contribution is 0.243. The predicted octanol–water partition coefficient (Wildman–Crippen LogP) is 2.82. The van der Waals surface area contributed by atoms with Crippen LogP contribution in [0.15, 0.2) is 6.07 Å². The Kier molecular flexibility index (Phi) is 4.26. The summed E-state index contributed by atoms with van der Waals surface area (Å²) in [4.78, 5) is 4.57. The molecule has 0 aliphatic heterocycles. The van der Waals surface area contributed by atoms with E-state index in [-0.39, 0.29) is 0 Å². The minimum absolute atomic E-state index is 0.306. The highest BCUT2D eigenvalue weighted by molar-refractivity contribution is 5.33. The summed E-state index contributed by atoms with van der Waals surface area (Å²) in [5.41, 5.74) is 5.22. The molecule has 1 atom stereocenters. The van der Waals surface area contributed by atoms with Gasteiger partial charge in [0.15, 0.2) is 0 Å². The first kappa shape index (κ1) is 14.5. The maximum absolute atomic E-state index is 9.11. The fourth-order valence-corrected chi connectivity index (χ4v) is 3.09. The highest BCUT2D eigenvalue weighted by Gasteiger charge is 2.41. The van der Waals surface area contributed by atoms with E-state index in [4.69, 9.17) is 5.11 Å². The molecule has 0 saturated heterocycles. The van der Waals surface area contributed by atoms with Gasteiger partial charge in [-0.15, -0.1) is 0 Å². The average molecular weight is 262 g/mol. The molecule has 1 aromatic rings. The minimum Gasteiger partial charge on any atom is -0.396 e. The summed E-state index contributed by atoms with van der Waals surface area (Å²) < 4.78 is 0. The molecule has 2 rings (SSSR count). The second-order valence-corrected chi connectivity index (χ2v) is 6.16. The molecule has 3 heteroatoms. The van der Waals surface area contributed by atoms with Crippen molar-refractivity contribution in [3.05, 3.63) is 28.6 Å². The van der Waals surface area contributed by atoms with E-state index in [0.29, 0.717) is 18.1 Å². The fraction of sp³-hybridized carbons (Fsp3) is 0.688. The van der Waals surface area contributed by atoms with Crippen molar-refractivity contribution in [2.45, 2.75) is 53.0 Å². The Morgan fingerprint density at radius 3 is 2.58 bits per heavy atom. The molecule has 1 aromatic heterocycles. The Labute approximate surface area is 116 Å². The summed E-state index contributed by atoms with van der Waals surface area (Å²) >= 11 is 0. The number of aryl methyl sites for hydroxylation is 3. The number of rotatable bonds is 6. The van der Waals surface area contributed by atoms with Crippen LogP contribution in [0.25, 0.3) is 0 Å². The Balaban J connectivity index is 2.02. The van der Waals surface area contributed by atoms with Gasteiger partial charge >= 0.3 is 0 Å². The molecule has 1 heterocycles. The van der Waals surface area contributed by atoms with Gasteiger partial charge in [-0.3, -0.25) is 4.98 Å². The molecule has 1 aliphatic carbocycles. The Hall–Kier alpha value is -0.930. The van der Waals surface area contributed by atoms with Crippen LogP contribution < -0.4 is 5.32 Å². The first-order chi connectivity index (χ1) is 8.97. The minimum atomic E-state index is 0.306. The monoisotopic (exact) mass is 262 g/mol. The molecule has 106 valence electrons. The van der Waals surface area contributed by atoms with Crippen LogP contribution in [0.3, 0.4) is 0 Å². The van der Waals surface area contributed by atoms with Gasteiger partial charge in [-0.2, -0.15) is 0 Å². The normalized spacial score (nSPS) is 18.4. The molecule has 1 aliphatic rings. The highest BCUT2D eigenvalue weighted by Crippen LogP contribution is 2.48. The third-order valence-electron chi connectivity index (χ3n) is 4.40. The molecular formula is C16H26N2O. The lowest BCUT2D eigenvalue weighted by Gasteiger charge is -2.22. The molecule has 3 nitrogen and oxygen atoms in total. The van der Waals surface area contributed by atoms with Crippen molar-refractivity contribution in [3.63, 3.8) is 0 Å². The van der Waals surface area contributed by atoms with E-state index in [1.165, 1.54) is 24.0 Å². The zero-order valence-electron chi connectivity index (χ0n) is 12.6. The van der Waals surface area contributed by atoms with Gasteiger partial charge in [-0.25, -0.2) is 0 Å². The molecule has 1 saturated carbocycles. The number of hydrogen-bond donors (Lipinski definition) is 2. The van der Waals surface area contributed by atoms with E-state index in [0.717, 1.165) is 24.4 Å². The van der Waals surface area contributed by atoms with Crippen molar-refractivity contribution in [2.24, 2.45) is 5.41 Å². The lowest BCUT2D eigenvalue weighted by Crippen LogP contribution is -2.28. The largest absolute Gasteiger partial charge is 0.396 e. The van der Waals surface area contributed by atoms with Gasteiger partial charge in [-0.05, 0) is 69.6 Å². The summed E-state index contributed by atoms with van der Waals surface area (Å²) in [6.45, 7) is 9.81. The van der Waals surface area contributed by atoms with Crippen molar-refractivity contribution >= 4 is 0 Å². The average Bonchev–Trinajstić information content (AvgIpc) is 3.06. The summed E-state index contributed by atoms with van der Waals surface area (Å²) in [5.74, 6) is 0. The maximum Gasteiger partial charge on any atom is 0.0436 e. The first-order valence-electron chi connectivity index (χ1n) is 7.26. The van der Waals surface area contributed by atoms with Gasteiger partial charge < -0.3 is 10.4 Å². The number of nitrogens with zero attached hydrogens (tertiary/aromatic N) is 1. The fourth-order valence-electron chi connectivity index (χ4n) is 3.09. The van der Waals surface area contributed by atoms with Crippen LogP contribution in [0.5, 0.6) is 0 Å². The Morgan fingerprint density at radius 2 is 2.05 bits per heavy atom. The number of pyridine rings is 1. The molecule has 0 aromatic carbocycles. The van der Waals surface area contributed by atoms with Gasteiger partial charge in [0.1, 0.15) is 0 Å². The second kappa shape index (κ2) is 5.59. The molecule has 0 bridgehead atoms. The van der Waals surface area contributed by atoms with E-state index in [9.17, 15) is 0 Å². The van der Waals surface area contributed by atoms with E-state index in [1.54, 1.807) is 0 Å². The number of aliphatic hydroxyl groups is 1. The highest BCUT2D eigenvalue weighted by atomic mass is 16.3. The van der Waals surface area contributed by atoms with Crippen molar-refractivity contribution in [3.8, 4) is 0 Å². The van der Waals surface area contributed by atoms with Crippen molar-refractivity contribution in [2.75, 3.05) is 13.2 Å². The SMILES string of the molecule is Cc1cc(C)c(C(C)NCC2(CCO)CC2)c(C)n1. The van der Waals surface area contributed by atoms with E-state index in [2.05, 4.69) is 37.1 Å². The van der Waals surface area contributed by atoms with Crippen LogP contribution in [-0.2, 0) is 0 Å².